The maximum absolute atomic E-state index is 10.7. The second kappa shape index (κ2) is 11.2. The predicted octanol–water partition coefficient (Wildman–Crippen LogP) is 5.48. The van der Waals surface area contributed by atoms with E-state index in [2.05, 4.69) is 0 Å². The highest BCUT2D eigenvalue weighted by Gasteiger charge is 2.00. The summed E-state index contributed by atoms with van der Waals surface area (Å²) in [5.74, 6) is 0.204. The number of aryl methyl sites for hydroxylation is 2. The van der Waals surface area contributed by atoms with Crippen molar-refractivity contribution in [1.29, 1.82) is 0 Å². The van der Waals surface area contributed by atoms with Crippen molar-refractivity contribution in [2.24, 2.45) is 5.73 Å². The van der Waals surface area contributed by atoms with E-state index in [-0.39, 0.29) is 11.8 Å². The average molecular weight is 366 g/mol. The van der Waals surface area contributed by atoms with Gasteiger partial charge in [-0.1, -0.05) is 59.6 Å². The Morgan fingerprint density at radius 2 is 1.42 bits per heavy atom. The predicted molar refractivity (Wildman–Crippen MR) is 104 cm³/mol. The van der Waals surface area contributed by atoms with E-state index in [0.29, 0.717) is 6.42 Å². The molecule has 130 valence electrons. The van der Waals surface area contributed by atoms with Gasteiger partial charge in [0.25, 0.3) is 0 Å². The molecule has 4 heteroatoms. The molecule has 2 rings (SSSR count). The molecule has 0 amide bonds. The van der Waals surface area contributed by atoms with E-state index < -0.39 is 0 Å². The standard InChI is InChI=1S/C10H14ClN.C10H11ClO/c2*1-8(12)6-7-9-4-2-3-5-10(9)11/h2-5,8H,6-7,12H2,1H3;2-5H,6-7H2,1H3. The highest BCUT2D eigenvalue weighted by molar-refractivity contribution is 6.31. The number of rotatable bonds is 6. The van der Waals surface area contributed by atoms with Gasteiger partial charge in [0.15, 0.2) is 0 Å². The summed E-state index contributed by atoms with van der Waals surface area (Å²) in [6, 6.07) is 15.8. The lowest BCUT2D eigenvalue weighted by atomic mass is 10.1. The van der Waals surface area contributed by atoms with Crippen LogP contribution in [-0.2, 0) is 17.6 Å². The van der Waals surface area contributed by atoms with Crippen LogP contribution in [0.1, 0.15) is 37.8 Å². The first-order chi connectivity index (χ1) is 11.4. The van der Waals surface area contributed by atoms with Crippen molar-refractivity contribution >= 4 is 29.0 Å². The average Bonchev–Trinajstić information content (AvgIpc) is 2.54. The summed E-state index contributed by atoms with van der Waals surface area (Å²) in [6.07, 6.45) is 3.28. The number of hydrogen-bond acceptors (Lipinski definition) is 2. The quantitative estimate of drug-likeness (QED) is 0.735. The van der Waals surface area contributed by atoms with Gasteiger partial charge in [0, 0.05) is 22.5 Å². The first-order valence-corrected chi connectivity index (χ1v) is 8.87. The number of carbonyl (C=O) groups excluding carboxylic acids is 1. The molecule has 0 saturated heterocycles. The van der Waals surface area contributed by atoms with Crippen LogP contribution >= 0.6 is 23.2 Å². The first kappa shape index (κ1) is 20.7. The minimum Gasteiger partial charge on any atom is -0.328 e. The molecule has 1 atom stereocenters. The normalized spacial score (nSPS) is 11.4. The molecule has 24 heavy (non-hydrogen) atoms. The molecule has 0 fully saturated rings. The number of hydrogen-bond donors (Lipinski definition) is 1. The molecule has 2 aromatic rings. The molecule has 0 aliphatic heterocycles. The summed E-state index contributed by atoms with van der Waals surface area (Å²) in [5, 5.41) is 1.59. The topological polar surface area (TPSA) is 43.1 Å². The number of nitrogens with two attached hydrogens (primary N) is 1. The van der Waals surface area contributed by atoms with Crippen molar-refractivity contribution in [1.82, 2.24) is 0 Å². The highest BCUT2D eigenvalue weighted by Crippen LogP contribution is 2.17. The molecular formula is C20H25Cl2NO. The Morgan fingerprint density at radius 3 is 1.83 bits per heavy atom. The zero-order chi connectivity index (χ0) is 17.9. The van der Waals surface area contributed by atoms with E-state index in [1.165, 1.54) is 5.56 Å². The van der Waals surface area contributed by atoms with Crippen molar-refractivity contribution in [2.45, 2.75) is 45.6 Å². The molecule has 0 aliphatic carbocycles. The van der Waals surface area contributed by atoms with E-state index in [0.717, 1.165) is 34.9 Å². The van der Waals surface area contributed by atoms with Crippen molar-refractivity contribution in [3.05, 3.63) is 69.7 Å². The number of ketones is 1. The third-order valence-electron chi connectivity index (χ3n) is 3.53. The summed E-state index contributed by atoms with van der Waals surface area (Å²) in [4.78, 5) is 10.7. The van der Waals surface area contributed by atoms with Crippen LogP contribution in [0.25, 0.3) is 0 Å². The largest absolute Gasteiger partial charge is 0.328 e. The molecule has 0 aliphatic rings. The maximum Gasteiger partial charge on any atom is 0.130 e. The molecule has 0 radical (unpaired) electrons. The van der Waals surface area contributed by atoms with Crippen LogP contribution in [0.4, 0.5) is 0 Å². The van der Waals surface area contributed by atoms with Crippen molar-refractivity contribution < 1.29 is 4.79 Å². The Hall–Kier alpha value is -1.35. The van der Waals surface area contributed by atoms with Gasteiger partial charge >= 0.3 is 0 Å². The van der Waals surface area contributed by atoms with Gasteiger partial charge in [-0.3, -0.25) is 0 Å². The van der Waals surface area contributed by atoms with Crippen LogP contribution < -0.4 is 5.73 Å². The zero-order valence-electron chi connectivity index (χ0n) is 14.3. The fourth-order valence-corrected chi connectivity index (χ4v) is 2.56. The molecule has 0 spiro atoms. The fraction of sp³-hybridized carbons (Fsp3) is 0.350. The van der Waals surface area contributed by atoms with E-state index >= 15 is 0 Å². The summed E-state index contributed by atoms with van der Waals surface area (Å²) in [5.41, 5.74) is 7.89. The van der Waals surface area contributed by atoms with E-state index in [1.807, 2.05) is 55.5 Å². The fourth-order valence-electron chi connectivity index (χ4n) is 2.10. The van der Waals surface area contributed by atoms with Gasteiger partial charge in [0.05, 0.1) is 0 Å². The molecule has 0 aromatic heterocycles. The van der Waals surface area contributed by atoms with Gasteiger partial charge in [0.2, 0.25) is 0 Å². The van der Waals surface area contributed by atoms with Gasteiger partial charge in [-0.15, -0.1) is 0 Å². The monoisotopic (exact) mass is 365 g/mol. The number of Topliss-reactive ketones (excluding diaryl/α,β-unsaturated/α-hetero) is 1. The summed E-state index contributed by atoms with van der Waals surface area (Å²) in [6.45, 7) is 3.60. The highest BCUT2D eigenvalue weighted by atomic mass is 35.5. The Morgan fingerprint density at radius 1 is 0.958 bits per heavy atom. The molecular weight excluding hydrogens is 341 g/mol. The molecule has 0 saturated carbocycles. The second-order valence-electron chi connectivity index (χ2n) is 5.90. The number of benzene rings is 2. The summed E-state index contributed by atoms with van der Waals surface area (Å²) < 4.78 is 0. The van der Waals surface area contributed by atoms with E-state index in [1.54, 1.807) is 6.92 Å². The maximum atomic E-state index is 10.7. The molecule has 2 aromatic carbocycles. The van der Waals surface area contributed by atoms with Crippen LogP contribution in [0.3, 0.4) is 0 Å². The number of carbonyl (C=O) groups is 1. The summed E-state index contributed by atoms with van der Waals surface area (Å²) >= 11 is 11.9. The van der Waals surface area contributed by atoms with Crippen LogP contribution in [0.5, 0.6) is 0 Å². The minimum absolute atomic E-state index is 0.204. The lowest BCUT2D eigenvalue weighted by Gasteiger charge is -2.05. The molecule has 2 nitrogen and oxygen atoms in total. The van der Waals surface area contributed by atoms with Gasteiger partial charge in [-0.25, -0.2) is 0 Å². The van der Waals surface area contributed by atoms with Crippen LogP contribution in [-0.4, -0.2) is 11.8 Å². The zero-order valence-corrected chi connectivity index (χ0v) is 15.8. The SMILES string of the molecule is CC(=O)CCc1ccccc1Cl.CC(N)CCc1ccccc1Cl. The van der Waals surface area contributed by atoms with Gasteiger partial charge in [-0.05, 0) is 56.4 Å². The second-order valence-corrected chi connectivity index (χ2v) is 6.72. The lowest BCUT2D eigenvalue weighted by Crippen LogP contribution is -2.15. The third-order valence-corrected chi connectivity index (χ3v) is 4.27. The van der Waals surface area contributed by atoms with E-state index in [9.17, 15) is 4.79 Å². The molecule has 2 N–H and O–H groups in total. The van der Waals surface area contributed by atoms with Gasteiger partial charge in [0.1, 0.15) is 5.78 Å². The van der Waals surface area contributed by atoms with Crippen molar-refractivity contribution in [2.75, 3.05) is 0 Å². The Kier molecular flexibility index (Phi) is 9.70. The Balaban J connectivity index is 0.000000240. The smallest absolute Gasteiger partial charge is 0.130 e. The molecule has 0 heterocycles. The molecule has 0 bridgehead atoms. The summed E-state index contributed by atoms with van der Waals surface area (Å²) in [7, 11) is 0. The molecule has 1 unspecified atom stereocenters. The van der Waals surface area contributed by atoms with Gasteiger partial charge in [-0.2, -0.15) is 0 Å². The number of halogens is 2. The van der Waals surface area contributed by atoms with Crippen molar-refractivity contribution in [3.63, 3.8) is 0 Å². The minimum atomic E-state index is 0.204. The van der Waals surface area contributed by atoms with Crippen LogP contribution in [0.15, 0.2) is 48.5 Å². The van der Waals surface area contributed by atoms with E-state index in [4.69, 9.17) is 28.9 Å². The Labute approximate surface area is 155 Å². The third kappa shape index (κ3) is 8.49. The lowest BCUT2D eigenvalue weighted by molar-refractivity contribution is -0.116. The van der Waals surface area contributed by atoms with Gasteiger partial charge < -0.3 is 10.5 Å². The first-order valence-electron chi connectivity index (χ1n) is 8.12. The van der Waals surface area contributed by atoms with Crippen LogP contribution in [0.2, 0.25) is 10.0 Å². The van der Waals surface area contributed by atoms with Crippen molar-refractivity contribution in [3.8, 4) is 0 Å². The Bertz CT molecular complexity index is 641. The van der Waals surface area contributed by atoms with Crippen LogP contribution in [0, 0.1) is 0 Å².